The van der Waals surface area contributed by atoms with Gasteiger partial charge in [0.15, 0.2) is 0 Å². The second kappa shape index (κ2) is 6.81. The number of nitrogens with two attached hydrogens (primary N) is 1. The van der Waals surface area contributed by atoms with Crippen molar-refractivity contribution in [1.82, 2.24) is 0 Å². The van der Waals surface area contributed by atoms with Gasteiger partial charge in [-0.1, -0.05) is 29.3 Å². The van der Waals surface area contributed by atoms with Crippen molar-refractivity contribution in [2.45, 2.75) is 12.5 Å². The molecule has 5 heteroatoms. The lowest BCUT2D eigenvalue weighted by atomic mass is 9.99. The van der Waals surface area contributed by atoms with Gasteiger partial charge >= 0.3 is 0 Å². The number of methoxy groups -OCH3 is 1. The molecule has 0 heterocycles. The summed E-state index contributed by atoms with van der Waals surface area (Å²) in [6.07, 6.45) is 0.669. The molecular formula is C15H14BrCl2NO. The van der Waals surface area contributed by atoms with Gasteiger partial charge in [-0.15, -0.1) is 0 Å². The highest BCUT2D eigenvalue weighted by Gasteiger charge is 2.12. The Bertz CT molecular complexity index is 619. The minimum atomic E-state index is -0.207. The van der Waals surface area contributed by atoms with Crippen LogP contribution < -0.4 is 10.5 Å². The van der Waals surface area contributed by atoms with E-state index < -0.39 is 0 Å². The van der Waals surface area contributed by atoms with Gasteiger partial charge in [-0.05, 0) is 63.8 Å². The molecule has 2 rings (SSSR count). The second-order valence-electron chi connectivity index (χ2n) is 4.45. The average molecular weight is 375 g/mol. The first kappa shape index (κ1) is 15.6. The molecule has 0 saturated carbocycles. The first-order valence-corrected chi connectivity index (χ1v) is 7.59. The molecule has 0 amide bonds. The van der Waals surface area contributed by atoms with Gasteiger partial charge in [0.1, 0.15) is 5.75 Å². The molecule has 2 nitrogen and oxygen atoms in total. The van der Waals surface area contributed by atoms with Gasteiger partial charge in [-0.25, -0.2) is 0 Å². The maximum absolute atomic E-state index is 6.23. The van der Waals surface area contributed by atoms with Crippen LogP contribution in [0.25, 0.3) is 0 Å². The van der Waals surface area contributed by atoms with Crippen LogP contribution in [0.4, 0.5) is 0 Å². The molecule has 2 aromatic carbocycles. The second-order valence-corrected chi connectivity index (χ2v) is 6.14. The van der Waals surface area contributed by atoms with Gasteiger partial charge in [-0.3, -0.25) is 0 Å². The summed E-state index contributed by atoms with van der Waals surface area (Å²) in [4.78, 5) is 0. The van der Waals surface area contributed by atoms with E-state index in [1.54, 1.807) is 19.2 Å². The molecular weight excluding hydrogens is 361 g/mol. The van der Waals surface area contributed by atoms with Gasteiger partial charge in [0, 0.05) is 16.1 Å². The quantitative estimate of drug-likeness (QED) is 0.816. The molecule has 0 fully saturated rings. The maximum Gasteiger partial charge on any atom is 0.133 e. The molecule has 0 aliphatic heterocycles. The molecule has 0 spiro atoms. The van der Waals surface area contributed by atoms with Crippen molar-refractivity contribution in [3.63, 3.8) is 0 Å². The molecule has 0 saturated heterocycles. The lowest BCUT2D eigenvalue weighted by molar-refractivity contribution is 0.412. The van der Waals surface area contributed by atoms with Gasteiger partial charge in [0.2, 0.25) is 0 Å². The molecule has 0 aliphatic carbocycles. The third kappa shape index (κ3) is 3.67. The molecule has 106 valence electrons. The van der Waals surface area contributed by atoms with Crippen LogP contribution >= 0.6 is 39.1 Å². The standard InChI is InChI=1S/C15H14BrCl2NO/c1-20-15-5-2-9(6-12(15)16)7-14(19)11-8-10(17)3-4-13(11)18/h2-6,8,14H,7,19H2,1H3. The van der Waals surface area contributed by atoms with Crippen molar-refractivity contribution < 1.29 is 4.74 Å². The van der Waals surface area contributed by atoms with Crippen LogP contribution in [0.2, 0.25) is 10.0 Å². The van der Waals surface area contributed by atoms with Crippen LogP contribution in [0, 0.1) is 0 Å². The summed E-state index contributed by atoms with van der Waals surface area (Å²) in [7, 11) is 1.64. The Labute approximate surface area is 137 Å². The predicted octanol–water partition coefficient (Wildman–Crippen LogP) is 5.01. The zero-order chi connectivity index (χ0) is 14.7. The van der Waals surface area contributed by atoms with Gasteiger partial charge in [0.05, 0.1) is 11.6 Å². The predicted molar refractivity (Wildman–Crippen MR) is 87.8 cm³/mol. The number of rotatable bonds is 4. The summed E-state index contributed by atoms with van der Waals surface area (Å²) < 4.78 is 6.11. The zero-order valence-corrected chi connectivity index (χ0v) is 14.0. The number of ether oxygens (including phenoxy) is 1. The summed E-state index contributed by atoms with van der Waals surface area (Å²) in [5.74, 6) is 0.795. The molecule has 2 aromatic rings. The topological polar surface area (TPSA) is 35.2 Å². The normalized spacial score (nSPS) is 12.2. The van der Waals surface area contributed by atoms with E-state index in [0.29, 0.717) is 16.5 Å². The summed E-state index contributed by atoms with van der Waals surface area (Å²) in [6, 6.07) is 11.0. The first-order valence-electron chi connectivity index (χ1n) is 6.04. The van der Waals surface area contributed by atoms with E-state index in [1.165, 1.54) is 0 Å². The molecule has 0 aromatic heterocycles. The fraction of sp³-hybridized carbons (Fsp3) is 0.200. The monoisotopic (exact) mass is 373 g/mol. The van der Waals surface area contributed by atoms with E-state index in [0.717, 1.165) is 21.3 Å². The third-order valence-electron chi connectivity index (χ3n) is 3.03. The first-order chi connectivity index (χ1) is 9.51. The van der Waals surface area contributed by atoms with E-state index in [9.17, 15) is 0 Å². The SMILES string of the molecule is COc1ccc(CC(N)c2cc(Cl)ccc2Cl)cc1Br. The van der Waals surface area contributed by atoms with Crippen molar-refractivity contribution >= 4 is 39.1 Å². The Morgan fingerprint density at radius 2 is 1.95 bits per heavy atom. The fourth-order valence-electron chi connectivity index (χ4n) is 2.00. The van der Waals surface area contributed by atoms with Crippen molar-refractivity contribution in [3.05, 3.63) is 62.0 Å². The van der Waals surface area contributed by atoms with Gasteiger partial charge < -0.3 is 10.5 Å². The smallest absolute Gasteiger partial charge is 0.133 e. The average Bonchev–Trinajstić information content (AvgIpc) is 2.41. The van der Waals surface area contributed by atoms with E-state index in [-0.39, 0.29) is 6.04 Å². The van der Waals surface area contributed by atoms with E-state index in [2.05, 4.69) is 15.9 Å². The summed E-state index contributed by atoms with van der Waals surface area (Å²) in [5, 5.41) is 1.27. The number of hydrogen-bond acceptors (Lipinski definition) is 2. The Kier molecular flexibility index (Phi) is 5.33. The Balaban J connectivity index is 2.21. The lowest BCUT2D eigenvalue weighted by Crippen LogP contribution is -2.14. The molecule has 0 bridgehead atoms. The highest BCUT2D eigenvalue weighted by Crippen LogP contribution is 2.30. The summed E-state index contributed by atoms with van der Waals surface area (Å²) in [6.45, 7) is 0. The number of benzene rings is 2. The third-order valence-corrected chi connectivity index (χ3v) is 4.23. The largest absolute Gasteiger partial charge is 0.496 e. The Hall–Kier alpha value is -0.740. The molecule has 0 aliphatic rings. The zero-order valence-electron chi connectivity index (χ0n) is 10.9. The van der Waals surface area contributed by atoms with E-state index >= 15 is 0 Å². The van der Waals surface area contributed by atoms with E-state index in [1.807, 2.05) is 24.3 Å². The van der Waals surface area contributed by atoms with Crippen LogP contribution in [-0.4, -0.2) is 7.11 Å². The van der Waals surface area contributed by atoms with Gasteiger partial charge in [0.25, 0.3) is 0 Å². The summed E-state index contributed by atoms with van der Waals surface area (Å²) >= 11 is 15.6. The number of hydrogen-bond donors (Lipinski definition) is 1. The van der Waals surface area contributed by atoms with Crippen molar-refractivity contribution in [2.75, 3.05) is 7.11 Å². The molecule has 2 N–H and O–H groups in total. The highest BCUT2D eigenvalue weighted by molar-refractivity contribution is 9.10. The van der Waals surface area contributed by atoms with Crippen molar-refractivity contribution in [1.29, 1.82) is 0 Å². The van der Waals surface area contributed by atoms with E-state index in [4.69, 9.17) is 33.7 Å². The molecule has 0 radical (unpaired) electrons. The lowest BCUT2D eigenvalue weighted by Gasteiger charge is -2.15. The minimum absolute atomic E-state index is 0.207. The Morgan fingerprint density at radius 1 is 1.20 bits per heavy atom. The van der Waals surface area contributed by atoms with Crippen LogP contribution in [0.15, 0.2) is 40.9 Å². The molecule has 20 heavy (non-hydrogen) atoms. The van der Waals surface area contributed by atoms with Crippen LogP contribution in [-0.2, 0) is 6.42 Å². The fourth-order valence-corrected chi connectivity index (χ4v) is 3.03. The minimum Gasteiger partial charge on any atom is -0.496 e. The van der Waals surface area contributed by atoms with Gasteiger partial charge in [-0.2, -0.15) is 0 Å². The molecule has 1 unspecified atom stereocenters. The maximum atomic E-state index is 6.23. The van der Waals surface area contributed by atoms with Crippen LogP contribution in [0.3, 0.4) is 0 Å². The van der Waals surface area contributed by atoms with Crippen molar-refractivity contribution in [2.24, 2.45) is 5.73 Å². The summed E-state index contributed by atoms with van der Waals surface area (Å²) in [5.41, 5.74) is 8.18. The van der Waals surface area contributed by atoms with Crippen molar-refractivity contribution in [3.8, 4) is 5.75 Å². The Morgan fingerprint density at radius 3 is 2.60 bits per heavy atom. The molecule has 1 atom stereocenters. The highest BCUT2D eigenvalue weighted by atomic mass is 79.9. The van der Waals surface area contributed by atoms with Crippen LogP contribution in [0.5, 0.6) is 5.75 Å². The van der Waals surface area contributed by atoms with Crippen LogP contribution in [0.1, 0.15) is 17.2 Å². The number of halogens is 3.